The van der Waals surface area contributed by atoms with E-state index in [0.29, 0.717) is 5.75 Å². The summed E-state index contributed by atoms with van der Waals surface area (Å²) in [5.74, 6) is 0.358. The molecule has 1 aromatic carbocycles. The van der Waals surface area contributed by atoms with Gasteiger partial charge >= 0.3 is 0 Å². The Bertz CT molecular complexity index is 580. The van der Waals surface area contributed by atoms with Crippen molar-refractivity contribution in [1.82, 2.24) is 10.3 Å². The Labute approximate surface area is 124 Å². The second-order valence-corrected chi connectivity index (χ2v) is 6.33. The van der Waals surface area contributed by atoms with Gasteiger partial charge in [-0.2, -0.15) is 0 Å². The maximum atomic E-state index is 10.0. The van der Waals surface area contributed by atoms with Crippen LogP contribution in [0.4, 0.5) is 0 Å². The normalized spacial score (nSPS) is 14.2. The van der Waals surface area contributed by atoms with Crippen LogP contribution >= 0.6 is 11.3 Å². The zero-order valence-electron chi connectivity index (χ0n) is 12.5. The molecule has 2 rings (SSSR count). The zero-order valence-corrected chi connectivity index (χ0v) is 13.3. The van der Waals surface area contributed by atoms with Crippen LogP contribution in [0.1, 0.15) is 53.5 Å². The topological polar surface area (TPSA) is 45.2 Å². The van der Waals surface area contributed by atoms with Gasteiger partial charge in [0, 0.05) is 22.5 Å². The fourth-order valence-corrected chi connectivity index (χ4v) is 3.47. The fourth-order valence-electron chi connectivity index (χ4n) is 2.54. The summed E-state index contributed by atoms with van der Waals surface area (Å²) in [6.07, 6.45) is 0.929. The standard InChI is InChI=1S/C16H22N2OS/c1-5-14(13-8-6-7-9-15(13)19)18-11(3)16-10(2)17-12(4)20-16/h6-9,11,14,18-19H,5H2,1-4H3. The van der Waals surface area contributed by atoms with Crippen LogP contribution in [0.3, 0.4) is 0 Å². The average molecular weight is 290 g/mol. The molecule has 0 amide bonds. The van der Waals surface area contributed by atoms with Crippen molar-refractivity contribution in [3.63, 3.8) is 0 Å². The van der Waals surface area contributed by atoms with Gasteiger partial charge in [-0.15, -0.1) is 11.3 Å². The molecule has 2 unspecified atom stereocenters. The Balaban J connectivity index is 2.18. The maximum Gasteiger partial charge on any atom is 0.120 e. The van der Waals surface area contributed by atoms with Crippen molar-refractivity contribution in [2.45, 2.75) is 46.2 Å². The predicted molar refractivity (Wildman–Crippen MR) is 84.3 cm³/mol. The summed E-state index contributed by atoms with van der Waals surface area (Å²) in [4.78, 5) is 5.76. The number of phenolic OH excluding ortho intramolecular Hbond substituents is 1. The number of thiazole rings is 1. The van der Waals surface area contributed by atoms with Crippen LogP contribution in [0.5, 0.6) is 5.75 Å². The summed E-state index contributed by atoms with van der Waals surface area (Å²) >= 11 is 1.74. The van der Waals surface area contributed by atoms with Gasteiger partial charge in [-0.3, -0.25) is 0 Å². The fraction of sp³-hybridized carbons (Fsp3) is 0.438. The SMILES string of the molecule is CCC(NC(C)c1sc(C)nc1C)c1ccccc1O. The quantitative estimate of drug-likeness (QED) is 0.864. The van der Waals surface area contributed by atoms with Crippen LogP contribution in [0, 0.1) is 13.8 Å². The van der Waals surface area contributed by atoms with Crippen molar-refractivity contribution in [2.24, 2.45) is 0 Å². The van der Waals surface area contributed by atoms with E-state index in [0.717, 1.165) is 22.7 Å². The lowest BCUT2D eigenvalue weighted by atomic mass is 10.0. The van der Waals surface area contributed by atoms with E-state index in [1.165, 1.54) is 4.88 Å². The molecule has 0 radical (unpaired) electrons. The number of nitrogens with one attached hydrogen (secondary N) is 1. The van der Waals surface area contributed by atoms with Crippen molar-refractivity contribution in [3.05, 3.63) is 45.4 Å². The van der Waals surface area contributed by atoms with Crippen LogP contribution in [0.15, 0.2) is 24.3 Å². The highest BCUT2D eigenvalue weighted by molar-refractivity contribution is 7.11. The summed E-state index contributed by atoms with van der Waals surface area (Å²) < 4.78 is 0. The molecule has 1 aromatic heterocycles. The van der Waals surface area contributed by atoms with E-state index in [4.69, 9.17) is 0 Å². The molecule has 0 saturated carbocycles. The molecule has 2 aromatic rings. The van der Waals surface area contributed by atoms with Crippen molar-refractivity contribution >= 4 is 11.3 Å². The number of phenols is 1. The highest BCUT2D eigenvalue weighted by Crippen LogP contribution is 2.31. The molecule has 2 atom stereocenters. The first-order valence-electron chi connectivity index (χ1n) is 7.00. The van der Waals surface area contributed by atoms with Crippen molar-refractivity contribution in [3.8, 4) is 5.75 Å². The zero-order chi connectivity index (χ0) is 14.7. The van der Waals surface area contributed by atoms with Gasteiger partial charge in [0.1, 0.15) is 5.75 Å². The predicted octanol–water partition coefficient (Wildman–Crippen LogP) is 4.27. The van der Waals surface area contributed by atoms with E-state index < -0.39 is 0 Å². The third-order valence-corrected chi connectivity index (χ3v) is 4.76. The number of hydrogen-bond acceptors (Lipinski definition) is 4. The minimum absolute atomic E-state index is 0.146. The Hall–Kier alpha value is -1.39. The van der Waals surface area contributed by atoms with E-state index in [2.05, 4.69) is 31.1 Å². The van der Waals surface area contributed by atoms with E-state index in [1.54, 1.807) is 17.4 Å². The molecule has 0 aliphatic carbocycles. The number of hydrogen-bond donors (Lipinski definition) is 2. The lowest BCUT2D eigenvalue weighted by Gasteiger charge is -2.23. The number of aryl methyl sites for hydroxylation is 2. The molecule has 4 heteroatoms. The molecular weight excluding hydrogens is 268 g/mol. The Morgan fingerprint density at radius 3 is 2.55 bits per heavy atom. The van der Waals surface area contributed by atoms with Gasteiger partial charge in [0.2, 0.25) is 0 Å². The van der Waals surface area contributed by atoms with E-state index >= 15 is 0 Å². The lowest BCUT2D eigenvalue weighted by Crippen LogP contribution is -2.24. The first-order chi connectivity index (χ1) is 9.52. The van der Waals surface area contributed by atoms with Crippen molar-refractivity contribution < 1.29 is 5.11 Å². The summed E-state index contributed by atoms with van der Waals surface area (Å²) in [6, 6.07) is 7.91. The monoisotopic (exact) mass is 290 g/mol. The minimum Gasteiger partial charge on any atom is -0.508 e. The van der Waals surface area contributed by atoms with Crippen LogP contribution in [-0.4, -0.2) is 10.1 Å². The summed E-state index contributed by atoms with van der Waals surface area (Å²) in [5, 5.41) is 14.7. The number of aromatic nitrogens is 1. The van der Waals surface area contributed by atoms with Gasteiger partial charge in [0.15, 0.2) is 0 Å². The number of benzene rings is 1. The largest absolute Gasteiger partial charge is 0.508 e. The highest BCUT2D eigenvalue weighted by atomic mass is 32.1. The molecule has 3 nitrogen and oxygen atoms in total. The summed E-state index contributed by atoms with van der Waals surface area (Å²) in [5.41, 5.74) is 2.06. The van der Waals surface area contributed by atoms with Crippen LogP contribution < -0.4 is 5.32 Å². The van der Waals surface area contributed by atoms with E-state index in [-0.39, 0.29) is 12.1 Å². The molecule has 108 valence electrons. The molecule has 1 heterocycles. The average Bonchev–Trinajstić information content (AvgIpc) is 2.76. The summed E-state index contributed by atoms with van der Waals surface area (Å²) in [6.45, 7) is 8.37. The molecular formula is C16H22N2OS. The minimum atomic E-state index is 0.146. The second-order valence-electron chi connectivity index (χ2n) is 5.09. The van der Waals surface area contributed by atoms with Gasteiger partial charge < -0.3 is 10.4 Å². The third kappa shape index (κ3) is 3.19. The van der Waals surface area contributed by atoms with Gasteiger partial charge in [-0.1, -0.05) is 25.1 Å². The van der Waals surface area contributed by atoms with Crippen LogP contribution in [0.25, 0.3) is 0 Å². The van der Waals surface area contributed by atoms with Crippen molar-refractivity contribution in [2.75, 3.05) is 0 Å². The number of para-hydroxylation sites is 1. The molecule has 20 heavy (non-hydrogen) atoms. The Morgan fingerprint density at radius 2 is 2.00 bits per heavy atom. The smallest absolute Gasteiger partial charge is 0.120 e. The number of aromatic hydroxyl groups is 1. The Kier molecular flexibility index (Phi) is 4.78. The van der Waals surface area contributed by atoms with Gasteiger partial charge in [-0.25, -0.2) is 4.98 Å². The molecule has 0 bridgehead atoms. The molecule has 2 N–H and O–H groups in total. The third-order valence-electron chi connectivity index (χ3n) is 3.50. The van der Waals surface area contributed by atoms with Crippen LogP contribution in [-0.2, 0) is 0 Å². The number of nitrogens with zero attached hydrogens (tertiary/aromatic N) is 1. The highest BCUT2D eigenvalue weighted by Gasteiger charge is 2.19. The summed E-state index contributed by atoms with van der Waals surface area (Å²) in [7, 11) is 0. The van der Waals surface area contributed by atoms with Gasteiger partial charge in [-0.05, 0) is 33.3 Å². The molecule has 0 fully saturated rings. The van der Waals surface area contributed by atoms with Crippen molar-refractivity contribution in [1.29, 1.82) is 0 Å². The van der Waals surface area contributed by atoms with Crippen LogP contribution in [0.2, 0.25) is 0 Å². The second kappa shape index (κ2) is 6.37. The Morgan fingerprint density at radius 1 is 1.30 bits per heavy atom. The number of rotatable bonds is 5. The van der Waals surface area contributed by atoms with E-state index in [9.17, 15) is 5.11 Å². The van der Waals surface area contributed by atoms with Gasteiger partial charge in [0.25, 0.3) is 0 Å². The maximum absolute atomic E-state index is 10.0. The first kappa shape index (κ1) is 15.0. The molecule has 0 aliphatic heterocycles. The van der Waals surface area contributed by atoms with Gasteiger partial charge in [0.05, 0.1) is 10.7 Å². The molecule has 0 spiro atoms. The molecule has 0 aliphatic rings. The first-order valence-corrected chi connectivity index (χ1v) is 7.82. The lowest BCUT2D eigenvalue weighted by molar-refractivity contribution is 0.420. The van der Waals surface area contributed by atoms with E-state index in [1.807, 2.05) is 25.1 Å². The molecule has 0 saturated heterocycles.